The van der Waals surface area contributed by atoms with Gasteiger partial charge >= 0.3 is 23.9 Å². The molecule has 22 heavy (non-hydrogen) atoms. The van der Waals surface area contributed by atoms with Gasteiger partial charge in [-0.15, -0.1) is 0 Å². The summed E-state index contributed by atoms with van der Waals surface area (Å²) in [5, 5.41) is 0. The Morgan fingerprint density at radius 3 is 1.64 bits per heavy atom. The number of hydrogen-bond donors (Lipinski definition) is 0. The summed E-state index contributed by atoms with van der Waals surface area (Å²) in [7, 11) is 0. The first-order valence-corrected chi connectivity index (χ1v) is 6.51. The lowest BCUT2D eigenvalue weighted by atomic mass is 10.0. The van der Waals surface area contributed by atoms with E-state index >= 15 is 0 Å². The molecule has 0 radical (unpaired) electrons. The zero-order chi connectivity index (χ0) is 16.9. The molecule has 1 heterocycles. The number of ether oxygens (including phenoxy) is 5. The molecule has 1 saturated heterocycles. The van der Waals surface area contributed by atoms with Crippen molar-refractivity contribution in [1.82, 2.24) is 0 Å². The zero-order valence-corrected chi connectivity index (χ0v) is 12.7. The molecule has 1 aliphatic rings. The van der Waals surface area contributed by atoms with Crippen LogP contribution in [0.2, 0.25) is 0 Å². The van der Waals surface area contributed by atoms with Crippen molar-refractivity contribution in [2.75, 3.05) is 6.61 Å². The molecule has 1 unspecified atom stereocenters. The monoisotopic (exact) mass is 318 g/mol. The Morgan fingerprint density at radius 2 is 1.18 bits per heavy atom. The first-order chi connectivity index (χ1) is 10.2. The van der Waals surface area contributed by atoms with E-state index in [1.54, 1.807) is 0 Å². The smallest absolute Gasteiger partial charge is 0.305 e. The van der Waals surface area contributed by atoms with Gasteiger partial charge < -0.3 is 23.7 Å². The minimum Gasteiger partial charge on any atom is -0.456 e. The van der Waals surface area contributed by atoms with Crippen LogP contribution in [0.1, 0.15) is 27.7 Å². The molecule has 1 aliphatic heterocycles. The van der Waals surface area contributed by atoms with E-state index in [4.69, 9.17) is 23.7 Å². The van der Waals surface area contributed by atoms with Gasteiger partial charge in [-0.2, -0.15) is 0 Å². The third-order valence-corrected chi connectivity index (χ3v) is 2.59. The molecule has 0 amide bonds. The summed E-state index contributed by atoms with van der Waals surface area (Å²) < 4.78 is 25.2. The lowest BCUT2D eigenvalue weighted by Crippen LogP contribution is -2.58. The third kappa shape index (κ3) is 5.32. The predicted octanol–water partition coefficient (Wildman–Crippen LogP) is -0.299. The lowest BCUT2D eigenvalue weighted by molar-refractivity contribution is -0.273. The number of carbonyl (C=O) groups excluding carboxylic acids is 4. The van der Waals surface area contributed by atoms with Crippen molar-refractivity contribution in [2.45, 2.75) is 52.3 Å². The van der Waals surface area contributed by atoms with Crippen molar-refractivity contribution in [1.29, 1.82) is 0 Å². The van der Waals surface area contributed by atoms with Gasteiger partial charge in [0, 0.05) is 27.7 Å². The SMILES string of the molecule is CC(=O)OC1[C@H](OC(C)=O)OC[C@@H](OC(C)=O)[C@@H]1OC(C)=O. The van der Waals surface area contributed by atoms with E-state index in [1.165, 1.54) is 6.92 Å². The molecule has 0 spiro atoms. The maximum absolute atomic E-state index is 11.3. The van der Waals surface area contributed by atoms with Crippen LogP contribution in [-0.2, 0) is 42.9 Å². The van der Waals surface area contributed by atoms with E-state index in [0.29, 0.717) is 0 Å². The van der Waals surface area contributed by atoms with E-state index in [-0.39, 0.29) is 6.61 Å². The molecular formula is C13H18O9. The van der Waals surface area contributed by atoms with E-state index in [1.807, 2.05) is 0 Å². The van der Waals surface area contributed by atoms with Crippen molar-refractivity contribution in [3.8, 4) is 0 Å². The van der Waals surface area contributed by atoms with Crippen LogP contribution < -0.4 is 0 Å². The van der Waals surface area contributed by atoms with Crippen molar-refractivity contribution < 1.29 is 42.9 Å². The Morgan fingerprint density at radius 1 is 0.727 bits per heavy atom. The molecule has 0 bridgehead atoms. The summed E-state index contributed by atoms with van der Waals surface area (Å²) in [6.45, 7) is 4.40. The summed E-state index contributed by atoms with van der Waals surface area (Å²) in [4.78, 5) is 44.7. The van der Waals surface area contributed by atoms with Crippen LogP contribution in [0.15, 0.2) is 0 Å². The van der Waals surface area contributed by atoms with Crippen LogP contribution in [0.5, 0.6) is 0 Å². The van der Waals surface area contributed by atoms with Gasteiger partial charge in [-0.1, -0.05) is 0 Å². The van der Waals surface area contributed by atoms with Crippen LogP contribution in [0.4, 0.5) is 0 Å². The molecule has 9 heteroatoms. The molecule has 1 rings (SSSR count). The first kappa shape index (κ1) is 17.9. The number of hydrogen-bond acceptors (Lipinski definition) is 9. The predicted molar refractivity (Wildman–Crippen MR) is 68.2 cm³/mol. The highest BCUT2D eigenvalue weighted by Gasteiger charge is 2.48. The van der Waals surface area contributed by atoms with Crippen LogP contribution in [-0.4, -0.2) is 55.1 Å². The van der Waals surface area contributed by atoms with Gasteiger partial charge in [-0.05, 0) is 0 Å². The minimum absolute atomic E-state index is 0.187. The minimum atomic E-state index is -1.27. The van der Waals surface area contributed by atoms with Crippen LogP contribution in [0.25, 0.3) is 0 Å². The van der Waals surface area contributed by atoms with Gasteiger partial charge in [-0.3, -0.25) is 19.2 Å². The maximum atomic E-state index is 11.3. The number of esters is 4. The Bertz CT molecular complexity index is 416. The van der Waals surface area contributed by atoms with E-state index in [2.05, 4.69) is 0 Å². The molecule has 9 nitrogen and oxygen atoms in total. The van der Waals surface area contributed by atoms with Gasteiger partial charge in [0.15, 0.2) is 12.2 Å². The van der Waals surface area contributed by atoms with Crippen molar-refractivity contribution >= 4 is 23.9 Å². The summed E-state index contributed by atoms with van der Waals surface area (Å²) in [6, 6.07) is 0. The second kappa shape index (κ2) is 7.74. The third-order valence-electron chi connectivity index (χ3n) is 2.59. The molecule has 0 saturated carbocycles. The second-order valence-electron chi connectivity index (χ2n) is 4.61. The fourth-order valence-electron chi connectivity index (χ4n) is 1.97. The van der Waals surface area contributed by atoms with Gasteiger partial charge in [0.1, 0.15) is 0 Å². The van der Waals surface area contributed by atoms with Gasteiger partial charge in [0.25, 0.3) is 0 Å². The average Bonchev–Trinajstić information content (AvgIpc) is 2.34. The Hall–Kier alpha value is -2.16. The topological polar surface area (TPSA) is 114 Å². The summed E-state index contributed by atoms with van der Waals surface area (Å²) in [6.07, 6.45) is -4.65. The Labute approximate surface area is 126 Å². The molecule has 0 aromatic heterocycles. The number of rotatable bonds is 4. The standard InChI is InChI=1S/C13H18O9/c1-6(14)19-10-5-18-13(22-9(4)17)12(21-8(3)16)11(10)20-7(2)15/h10-13H,5H2,1-4H3/t10-,11+,12?,13+/m1/s1. The van der Waals surface area contributed by atoms with Gasteiger partial charge in [-0.25, -0.2) is 0 Å². The summed E-state index contributed by atoms with van der Waals surface area (Å²) in [5.74, 6) is -2.68. The molecule has 4 atom stereocenters. The maximum Gasteiger partial charge on any atom is 0.305 e. The van der Waals surface area contributed by atoms with Crippen LogP contribution in [0, 0.1) is 0 Å². The highest BCUT2D eigenvalue weighted by atomic mass is 16.7. The van der Waals surface area contributed by atoms with E-state index in [0.717, 1.165) is 20.8 Å². The molecule has 0 aromatic carbocycles. The highest BCUT2D eigenvalue weighted by molar-refractivity contribution is 5.69. The van der Waals surface area contributed by atoms with Crippen LogP contribution in [0.3, 0.4) is 0 Å². The molecule has 0 aromatic rings. The summed E-state index contributed by atoms with van der Waals surface area (Å²) >= 11 is 0. The molecular weight excluding hydrogens is 300 g/mol. The van der Waals surface area contributed by atoms with Crippen molar-refractivity contribution in [3.63, 3.8) is 0 Å². The van der Waals surface area contributed by atoms with E-state index < -0.39 is 48.5 Å². The molecule has 1 fully saturated rings. The Kier molecular flexibility index (Phi) is 6.29. The fourth-order valence-corrected chi connectivity index (χ4v) is 1.97. The molecule has 0 N–H and O–H groups in total. The molecule has 0 aliphatic carbocycles. The van der Waals surface area contributed by atoms with Gasteiger partial charge in [0.2, 0.25) is 12.4 Å². The average molecular weight is 318 g/mol. The van der Waals surface area contributed by atoms with Gasteiger partial charge in [0.05, 0.1) is 6.61 Å². The normalized spacial score (nSPS) is 27.5. The number of carbonyl (C=O) groups is 4. The van der Waals surface area contributed by atoms with Crippen molar-refractivity contribution in [3.05, 3.63) is 0 Å². The van der Waals surface area contributed by atoms with E-state index in [9.17, 15) is 19.2 Å². The summed E-state index contributed by atoms with van der Waals surface area (Å²) in [5.41, 5.74) is 0. The zero-order valence-electron chi connectivity index (χ0n) is 12.7. The molecule has 124 valence electrons. The highest BCUT2D eigenvalue weighted by Crippen LogP contribution is 2.25. The first-order valence-electron chi connectivity index (χ1n) is 6.51. The van der Waals surface area contributed by atoms with Crippen LogP contribution >= 0.6 is 0 Å². The van der Waals surface area contributed by atoms with Crippen molar-refractivity contribution in [2.24, 2.45) is 0 Å². The lowest BCUT2D eigenvalue weighted by Gasteiger charge is -2.39. The second-order valence-corrected chi connectivity index (χ2v) is 4.61. The quantitative estimate of drug-likeness (QED) is 0.509. The Balaban J connectivity index is 3.03. The fraction of sp³-hybridized carbons (Fsp3) is 0.692. The largest absolute Gasteiger partial charge is 0.456 e.